The predicted octanol–water partition coefficient (Wildman–Crippen LogP) is 5.32. The van der Waals surface area contributed by atoms with Crippen LogP contribution in [0.4, 0.5) is 5.69 Å². The van der Waals surface area contributed by atoms with Crippen LogP contribution >= 0.6 is 0 Å². The van der Waals surface area contributed by atoms with Crippen molar-refractivity contribution in [3.63, 3.8) is 0 Å². The molecule has 3 aliphatic rings. The summed E-state index contributed by atoms with van der Waals surface area (Å²) in [5, 5.41) is 0. The van der Waals surface area contributed by atoms with E-state index in [1.807, 2.05) is 25.1 Å². The highest BCUT2D eigenvalue weighted by molar-refractivity contribution is 5.91. The molecule has 0 saturated heterocycles. The lowest BCUT2D eigenvalue weighted by Gasteiger charge is -2.45. The first-order valence-electron chi connectivity index (χ1n) is 13.1. The highest BCUT2D eigenvalue weighted by Gasteiger charge is 2.44. The van der Waals surface area contributed by atoms with Crippen molar-refractivity contribution in [3.05, 3.63) is 58.7 Å². The summed E-state index contributed by atoms with van der Waals surface area (Å²) in [5.74, 6) is 7.71. The van der Waals surface area contributed by atoms with Crippen LogP contribution in [0, 0.1) is 30.6 Å². The number of hydrogen-bond acceptors (Lipinski definition) is 5. The Balaban J connectivity index is 1.53. The van der Waals surface area contributed by atoms with Crippen LogP contribution in [0.25, 0.3) is 0 Å². The molecule has 2 aliphatic carbocycles. The average Bonchev–Trinajstić information content (AvgIpc) is 3.02. The number of hydrogen-bond donors (Lipinski definition) is 0. The maximum Gasteiger partial charge on any atom is 0.337 e. The number of benzene rings is 2. The zero-order valence-electron chi connectivity index (χ0n) is 21.9. The van der Waals surface area contributed by atoms with Gasteiger partial charge in [-0.05, 0) is 81.2 Å². The molecule has 1 heterocycles. The van der Waals surface area contributed by atoms with Crippen LogP contribution in [0.1, 0.15) is 59.7 Å². The number of anilines is 1. The highest BCUT2D eigenvalue weighted by Crippen LogP contribution is 2.46. The Morgan fingerprint density at radius 1 is 1.22 bits per heavy atom. The van der Waals surface area contributed by atoms with E-state index >= 15 is 0 Å². The van der Waals surface area contributed by atoms with Gasteiger partial charge in [-0.2, -0.15) is 0 Å². The summed E-state index contributed by atoms with van der Waals surface area (Å²) in [4.78, 5) is 14.9. The number of nitrogens with zero attached hydrogens (tertiary/aromatic N) is 1. The zero-order valence-corrected chi connectivity index (χ0v) is 21.9. The molecule has 1 saturated carbocycles. The predicted molar refractivity (Wildman–Crippen MR) is 142 cm³/mol. The largest absolute Gasteiger partial charge is 0.490 e. The van der Waals surface area contributed by atoms with Crippen molar-refractivity contribution in [2.75, 3.05) is 38.8 Å². The van der Waals surface area contributed by atoms with Gasteiger partial charge in [0, 0.05) is 31.5 Å². The Bertz CT molecular complexity index is 1190. The first-order valence-corrected chi connectivity index (χ1v) is 13.1. The van der Waals surface area contributed by atoms with Gasteiger partial charge in [0.05, 0.1) is 25.0 Å². The van der Waals surface area contributed by atoms with E-state index in [0.717, 1.165) is 56.6 Å². The number of methoxy groups -OCH3 is 2. The average molecular weight is 488 g/mol. The molecule has 1 spiro atoms. The van der Waals surface area contributed by atoms with Crippen LogP contribution in [-0.2, 0) is 21.3 Å². The second-order valence-electron chi connectivity index (χ2n) is 10.7. The smallest absolute Gasteiger partial charge is 0.337 e. The Kier molecular flexibility index (Phi) is 6.99. The molecule has 5 nitrogen and oxygen atoms in total. The van der Waals surface area contributed by atoms with Gasteiger partial charge in [-0.3, -0.25) is 0 Å². The summed E-state index contributed by atoms with van der Waals surface area (Å²) >= 11 is 0. The normalized spacial score (nSPS) is 25.3. The number of fused-ring (bicyclic) bond motifs is 3. The van der Waals surface area contributed by atoms with Gasteiger partial charge >= 0.3 is 5.97 Å². The summed E-state index contributed by atoms with van der Waals surface area (Å²) in [6, 6.07) is 12.6. The van der Waals surface area contributed by atoms with Gasteiger partial charge in [-0.25, -0.2) is 4.79 Å². The van der Waals surface area contributed by atoms with Gasteiger partial charge in [0.2, 0.25) is 0 Å². The van der Waals surface area contributed by atoms with Crippen molar-refractivity contribution < 1.29 is 19.0 Å². The zero-order chi connectivity index (χ0) is 25.3. The van der Waals surface area contributed by atoms with Crippen molar-refractivity contribution >= 4 is 11.7 Å². The molecular formula is C31H37NO4. The van der Waals surface area contributed by atoms with Crippen LogP contribution in [0.15, 0.2) is 36.4 Å². The second kappa shape index (κ2) is 10.2. The third-order valence-corrected chi connectivity index (χ3v) is 8.51. The molecule has 36 heavy (non-hydrogen) atoms. The number of esters is 1. The van der Waals surface area contributed by atoms with E-state index in [-0.39, 0.29) is 17.5 Å². The lowest BCUT2D eigenvalue weighted by molar-refractivity contribution is 0.0191. The van der Waals surface area contributed by atoms with Crippen LogP contribution in [0.3, 0.4) is 0 Å². The van der Waals surface area contributed by atoms with Gasteiger partial charge in [0.25, 0.3) is 0 Å². The van der Waals surface area contributed by atoms with Crippen molar-refractivity contribution in [2.24, 2.45) is 11.8 Å². The number of ether oxygens (including phenoxy) is 3. The molecule has 0 aromatic heterocycles. The number of carbonyl (C=O) groups is 1. The molecule has 0 radical (unpaired) electrons. The van der Waals surface area contributed by atoms with E-state index in [2.05, 4.69) is 41.9 Å². The molecule has 0 N–H and O–H groups in total. The topological polar surface area (TPSA) is 48.0 Å². The minimum atomic E-state index is -0.325. The molecule has 0 amide bonds. The molecule has 5 rings (SSSR count). The Hall–Kier alpha value is -2.97. The summed E-state index contributed by atoms with van der Waals surface area (Å²) in [6.07, 6.45) is 5.61. The van der Waals surface area contributed by atoms with Crippen LogP contribution in [0.5, 0.6) is 5.75 Å². The first-order chi connectivity index (χ1) is 17.5. The second-order valence-corrected chi connectivity index (χ2v) is 10.7. The quantitative estimate of drug-likeness (QED) is 0.422. The van der Waals surface area contributed by atoms with Crippen molar-refractivity contribution in [3.8, 4) is 17.6 Å². The fourth-order valence-electron chi connectivity index (χ4n) is 6.51. The van der Waals surface area contributed by atoms with Crippen LogP contribution in [0.2, 0.25) is 0 Å². The van der Waals surface area contributed by atoms with Crippen LogP contribution < -0.4 is 9.64 Å². The number of rotatable bonds is 5. The molecule has 1 aliphatic heterocycles. The summed E-state index contributed by atoms with van der Waals surface area (Å²) in [6.45, 7) is 6.44. The molecule has 0 bridgehead atoms. The Morgan fingerprint density at radius 2 is 2.08 bits per heavy atom. The Morgan fingerprint density at radius 3 is 2.81 bits per heavy atom. The number of carbonyl (C=O) groups excluding carboxylic acids is 1. The van der Waals surface area contributed by atoms with E-state index in [0.29, 0.717) is 24.0 Å². The lowest BCUT2D eigenvalue weighted by Crippen LogP contribution is -2.49. The van der Waals surface area contributed by atoms with Crippen molar-refractivity contribution in [1.29, 1.82) is 0 Å². The van der Waals surface area contributed by atoms with Gasteiger partial charge in [-0.1, -0.05) is 29.7 Å². The summed E-state index contributed by atoms with van der Waals surface area (Å²) in [7, 11) is 3.19. The number of aryl methyl sites for hydroxylation is 2. The minimum Gasteiger partial charge on any atom is -0.490 e. The molecule has 5 heteroatoms. The maximum atomic E-state index is 12.4. The monoisotopic (exact) mass is 487 g/mol. The van der Waals surface area contributed by atoms with E-state index in [4.69, 9.17) is 14.2 Å². The lowest BCUT2D eigenvalue weighted by atomic mass is 9.68. The van der Waals surface area contributed by atoms with Gasteiger partial charge in [0.1, 0.15) is 11.9 Å². The maximum absolute atomic E-state index is 12.4. The summed E-state index contributed by atoms with van der Waals surface area (Å²) in [5.41, 5.74) is 5.62. The van der Waals surface area contributed by atoms with Gasteiger partial charge in [-0.15, -0.1) is 5.92 Å². The third-order valence-electron chi connectivity index (χ3n) is 8.51. The summed E-state index contributed by atoms with van der Waals surface area (Å²) < 4.78 is 17.4. The van der Waals surface area contributed by atoms with Crippen LogP contribution in [-0.4, -0.2) is 46.0 Å². The van der Waals surface area contributed by atoms with E-state index in [1.54, 1.807) is 7.11 Å². The van der Waals surface area contributed by atoms with Crippen molar-refractivity contribution in [2.45, 2.75) is 57.5 Å². The fourth-order valence-corrected chi connectivity index (χ4v) is 6.51. The fraction of sp³-hybridized carbons (Fsp3) is 0.516. The van der Waals surface area contributed by atoms with Crippen molar-refractivity contribution in [1.82, 2.24) is 0 Å². The van der Waals surface area contributed by atoms with Gasteiger partial charge in [0.15, 0.2) is 0 Å². The van der Waals surface area contributed by atoms with E-state index < -0.39 is 0 Å². The molecule has 4 atom stereocenters. The molecule has 2 aromatic rings. The first kappa shape index (κ1) is 24.7. The molecule has 190 valence electrons. The SMILES string of the molecule is CC#C[C@H](OC)[C@@H]1CC[C@H]1CN1C[C@@]2(CCCc3cc(C)ccc32)COc2ccc(C(=O)OC)cc21. The highest BCUT2D eigenvalue weighted by atomic mass is 16.5. The standard InChI is InChI=1S/C31H37NO4/c1-5-7-28(34-3)25-12-10-24(25)18-32-19-31(15-6-8-22-16-21(2)9-13-26(22)31)20-36-29-14-11-23(17-27(29)32)30(33)35-4/h9,11,13-14,16-17,24-25,28H,6,8,10,12,15,18-20H2,1-4H3/t24-,25+,28-,31-/m0/s1. The minimum absolute atomic E-state index is 0.0369. The molecule has 1 fully saturated rings. The van der Waals surface area contributed by atoms with E-state index in [9.17, 15) is 4.79 Å². The molecule has 0 unspecified atom stereocenters. The molecule has 2 aromatic carbocycles. The Labute approximate surface area is 215 Å². The van der Waals surface area contributed by atoms with E-state index in [1.165, 1.54) is 23.8 Å². The third kappa shape index (κ3) is 4.48. The van der Waals surface area contributed by atoms with Gasteiger partial charge < -0.3 is 19.1 Å². The molecular weight excluding hydrogens is 450 g/mol.